The van der Waals surface area contributed by atoms with Crippen LogP contribution in [0.3, 0.4) is 0 Å². The molecule has 2 aliphatic rings. The number of carbonyl (C=O) groups excluding carboxylic acids is 1. The lowest BCUT2D eigenvalue weighted by Crippen LogP contribution is -2.42. The van der Waals surface area contributed by atoms with Gasteiger partial charge in [0, 0.05) is 35.7 Å². The average molecular weight is 342 g/mol. The summed E-state index contributed by atoms with van der Waals surface area (Å²) in [4.78, 5) is 23.5. The molecule has 0 saturated carbocycles. The highest BCUT2D eigenvalue weighted by molar-refractivity contribution is 6.31. The molecular formula is C19H20ClN3O. The molecule has 1 saturated heterocycles. The second kappa shape index (κ2) is 6.17. The van der Waals surface area contributed by atoms with Gasteiger partial charge in [-0.1, -0.05) is 23.7 Å². The number of aryl methyl sites for hydroxylation is 2. The second-order valence-corrected chi connectivity index (χ2v) is 7.17. The SMILES string of the molecule is Cc1cc(CCC(=O)N2C3CCC2c2cncnc2C3)ccc1Cl. The van der Waals surface area contributed by atoms with Gasteiger partial charge < -0.3 is 4.90 Å². The number of hydrogen-bond acceptors (Lipinski definition) is 3. The summed E-state index contributed by atoms with van der Waals surface area (Å²) in [5, 5.41) is 0.774. The Kier molecular flexibility index (Phi) is 4.01. The number of hydrogen-bond donors (Lipinski definition) is 0. The first-order chi connectivity index (χ1) is 11.6. The Morgan fingerprint density at radius 2 is 2.25 bits per heavy atom. The molecule has 0 N–H and O–H groups in total. The molecular weight excluding hydrogens is 322 g/mol. The van der Waals surface area contributed by atoms with Crippen molar-refractivity contribution in [2.24, 2.45) is 0 Å². The highest BCUT2D eigenvalue weighted by atomic mass is 35.5. The first-order valence-corrected chi connectivity index (χ1v) is 8.86. The molecule has 1 fully saturated rings. The van der Waals surface area contributed by atoms with Gasteiger partial charge in [0.05, 0.1) is 11.7 Å². The lowest BCUT2D eigenvalue weighted by molar-refractivity contribution is -0.134. The summed E-state index contributed by atoms with van der Waals surface area (Å²) in [6.07, 6.45) is 7.74. The van der Waals surface area contributed by atoms with Crippen LogP contribution in [0.4, 0.5) is 0 Å². The van der Waals surface area contributed by atoms with Crippen molar-refractivity contribution in [3.05, 3.63) is 58.1 Å². The fourth-order valence-corrected chi connectivity index (χ4v) is 4.16. The van der Waals surface area contributed by atoms with E-state index >= 15 is 0 Å². The van der Waals surface area contributed by atoms with Gasteiger partial charge in [-0.3, -0.25) is 4.79 Å². The first-order valence-electron chi connectivity index (χ1n) is 8.48. The van der Waals surface area contributed by atoms with Crippen LogP contribution in [0.1, 0.15) is 47.7 Å². The Morgan fingerprint density at radius 1 is 1.38 bits per heavy atom. The molecule has 1 aromatic carbocycles. The van der Waals surface area contributed by atoms with Crippen molar-refractivity contribution < 1.29 is 4.79 Å². The van der Waals surface area contributed by atoms with Gasteiger partial charge >= 0.3 is 0 Å². The number of aromatic nitrogens is 2. The summed E-state index contributed by atoms with van der Waals surface area (Å²) < 4.78 is 0. The van der Waals surface area contributed by atoms with E-state index in [1.165, 1.54) is 5.56 Å². The van der Waals surface area contributed by atoms with Gasteiger partial charge in [0.15, 0.2) is 0 Å². The summed E-state index contributed by atoms with van der Waals surface area (Å²) in [7, 11) is 0. The summed E-state index contributed by atoms with van der Waals surface area (Å²) in [5.41, 5.74) is 4.49. The highest BCUT2D eigenvalue weighted by Gasteiger charge is 2.42. The van der Waals surface area contributed by atoms with Crippen molar-refractivity contribution in [1.29, 1.82) is 0 Å². The van der Waals surface area contributed by atoms with Crippen molar-refractivity contribution in [2.75, 3.05) is 0 Å². The van der Waals surface area contributed by atoms with Crippen molar-refractivity contribution in [2.45, 2.75) is 51.1 Å². The Balaban J connectivity index is 1.48. The van der Waals surface area contributed by atoms with Gasteiger partial charge in [-0.2, -0.15) is 0 Å². The minimum absolute atomic E-state index is 0.166. The predicted molar refractivity (Wildman–Crippen MR) is 92.9 cm³/mol. The average Bonchev–Trinajstić information content (AvgIpc) is 2.91. The van der Waals surface area contributed by atoms with E-state index in [-0.39, 0.29) is 11.9 Å². The molecule has 1 amide bonds. The third-order valence-electron chi connectivity index (χ3n) is 5.26. The van der Waals surface area contributed by atoms with E-state index < -0.39 is 0 Å². The van der Waals surface area contributed by atoms with Crippen molar-refractivity contribution >= 4 is 17.5 Å². The third-order valence-corrected chi connectivity index (χ3v) is 5.68. The van der Waals surface area contributed by atoms with E-state index in [0.29, 0.717) is 12.5 Å². The third kappa shape index (κ3) is 2.69. The molecule has 1 aromatic heterocycles. The van der Waals surface area contributed by atoms with Crippen LogP contribution in [0.15, 0.2) is 30.7 Å². The van der Waals surface area contributed by atoms with Crippen LogP contribution in [0, 0.1) is 6.92 Å². The molecule has 0 spiro atoms. The fraction of sp³-hybridized carbons (Fsp3) is 0.421. The molecule has 3 heterocycles. The predicted octanol–water partition coefficient (Wildman–Crippen LogP) is 3.66. The van der Waals surface area contributed by atoms with E-state index in [9.17, 15) is 4.79 Å². The topological polar surface area (TPSA) is 46.1 Å². The highest BCUT2D eigenvalue weighted by Crippen LogP contribution is 2.43. The van der Waals surface area contributed by atoms with E-state index in [1.54, 1.807) is 6.33 Å². The number of carbonyl (C=O) groups is 1. The minimum Gasteiger partial charge on any atom is -0.332 e. The summed E-state index contributed by atoms with van der Waals surface area (Å²) in [5.74, 6) is 0.240. The van der Waals surface area contributed by atoms with Gasteiger partial charge in [-0.05, 0) is 43.4 Å². The Labute approximate surface area is 146 Å². The zero-order chi connectivity index (χ0) is 16.7. The van der Waals surface area contributed by atoms with Crippen LogP contribution in [-0.2, 0) is 17.6 Å². The minimum atomic E-state index is 0.166. The van der Waals surface area contributed by atoms with Crippen LogP contribution in [0.25, 0.3) is 0 Å². The molecule has 2 aromatic rings. The molecule has 24 heavy (non-hydrogen) atoms. The Hall–Kier alpha value is -1.94. The number of rotatable bonds is 3. The van der Waals surface area contributed by atoms with E-state index in [2.05, 4.69) is 20.9 Å². The molecule has 2 atom stereocenters. The number of nitrogens with zero attached hydrogens (tertiary/aromatic N) is 3. The molecule has 4 rings (SSSR count). The van der Waals surface area contributed by atoms with E-state index in [0.717, 1.165) is 47.5 Å². The van der Waals surface area contributed by atoms with E-state index in [1.807, 2.05) is 25.3 Å². The van der Waals surface area contributed by atoms with Gasteiger partial charge in [0.2, 0.25) is 5.91 Å². The zero-order valence-corrected chi connectivity index (χ0v) is 14.5. The normalized spacial score (nSPS) is 21.7. The quantitative estimate of drug-likeness (QED) is 0.855. The maximum Gasteiger partial charge on any atom is 0.223 e. The second-order valence-electron chi connectivity index (χ2n) is 6.76. The molecule has 124 valence electrons. The van der Waals surface area contributed by atoms with Crippen LogP contribution >= 0.6 is 11.6 Å². The standard InChI is InChI=1S/C19H20ClN3O/c1-12-8-13(2-5-16(12)20)3-7-19(24)23-14-4-6-18(23)15-10-21-11-22-17(15)9-14/h2,5,8,10-11,14,18H,3-4,6-7,9H2,1H3. The lowest BCUT2D eigenvalue weighted by atomic mass is 9.98. The maximum atomic E-state index is 12.9. The summed E-state index contributed by atoms with van der Waals surface area (Å²) in [6, 6.07) is 6.46. The van der Waals surface area contributed by atoms with Crippen LogP contribution in [-0.4, -0.2) is 26.8 Å². The van der Waals surface area contributed by atoms with Crippen LogP contribution < -0.4 is 0 Å². The van der Waals surface area contributed by atoms with Gasteiger partial charge in [0.1, 0.15) is 6.33 Å². The van der Waals surface area contributed by atoms with Gasteiger partial charge in [0.25, 0.3) is 0 Å². The van der Waals surface area contributed by atoms with Crippen molar-refractivity contribution in [3.8, 4) is 0 Å². The van der Waals surface area contributed by atoms with Crippen molar-refractivity contribution in [1.82, 2.24) is 14.9 Å². The van der Waals surface area contributed by atoms with Crippen molar-refractivity contribution in [3.63, 3.8) is 0 Å². The van der Waals surface area contributed by atoms with Crippen LogP contribution in [0.5, 0.6) is 0 Å². The molecule has 2 unspecified atom stereocenters. The van der Waals surface area contributed by atoms with E-state index in [4.69, 9.17) is 11.6 Å². The zero-order valence-electron chi connectivity index (χ0n) is 13.7. The number of halogens is 1. The molecule has 0 aliphatic carbocycles. The maximum absolute atomic E-state index is 12.9. The molecule has 2 aliphatic heterocycles. The number of fused-ring (bicyclic) bond motifs is 4. The fourth-order valence-electron chi connectivity index (χ4n) is 4.05. The molecule has 4 nitrogen and oxygen atoms in total. The molecule has 0 radical (unpaired) electrons. The number of amides is 1. The number of benzene rings is 1. The molecule has 5 heteroatoms. The lowest BCUT2D eigenvalue weighted by Gasteiger charge is -2.35. The van der Waals surface area contributed by atoms with Crippen LogP contribution in [0.2, 0.25) is 5.02 Å². The smallest absolute Gasteiger partial charge is 0.223 e. The largest absolute Gasteiger partial charge is 0.332 e. The van der Waals surface area contributed by atoms with Gasteiger partial charge in [-0.25, -0.2) is 9.97 Å². The van der Waals surface area contributed by atoms with Gasteiger partial charge in [-0.15, -0.1) is 0 Å². The Bertz CT molecular complexity index is 792. The summed E-state index contributed by atoms with van der Waals surface area (Å²) in [6.45, 7) is 2.00. The first kappa shape index (κ1) is 15.6. The summed E-state index contributed by atoms with van der Waals surface area (Å²) >= 11 is 6.07. The molecule has 2 bridgehead atoms. The Morgan fingerprint density at radius 3 is 3.08 bits per heavy atom. The monoisotopic (exact) mass is 341 g/mol.